The van der Waals surface area contributed by atoms with E-state index in [1.54, 1.807) is 0 Å². The summed E-state index contributed by atoms with van der Waals surface area (Å²) in [6, 6.07) is 0.294. The lowest BCUT2D eigenvalue weighted by atomic mass is 9.98. The molecule has 0 aliphatic carbocycles. The second-order valence-corrected chi connectivity index (χ2v) is 4.21. The van der Waals surface area contributed by atoms with Crippen LogP contribution in [0.2, 0.25) is 0 Å². The van der Waals surface area contributed by atoms with Gasteiger partial charge in [-0.2, -0.15) is 0 Å². The number of rotatable bonds is 5. The van der Waals surface area contributed by atoms with Crippen molar-refractivity contribution in [2.24, 2.45) is 5.92 Å². The van der Waals surface area contributed by atoms with Crippen LogP contribution >= 0.6 is 0 Å². The first-order chi connectivity index (χ1) is 7.22. The van der Waals surface area contributed by atoms with Gasteiger partial charge in [0.15, 0.2) is 0 Å². The van der Waals surface area contributed by atoms with Gasteiger partial charge in [0.25, 0.3) is 0 Å². The van der Waals surface area contributed by atoms with Crippen molar-refractivity contribution in [2.45, 2.75) is 32.7 Å². The highest BCUT2D eigenvalue weighted by molar-refractivity contribution is 5.76. The predicted molar refractivity (Wildman–Crippen MR) is 59.7 cm³/mol. The maximum absolute atomic E-state index is 11.5. The van der Waals surface area contributed by atoms with Crippen LogP contribution in [0.1, 0.15) is 26.7 Å². The second-order valence-electron chi connectivity index (χ2n) is 4.21. The van der Waals surface area contributed by atoms with Crippen LogP contribution in [0.4, 0.5) is 0 Å². The molecular formula is C11H22N2O2. The fourth-order valence-electron chi connectivity index (χ4n) is 1.88. The van der Waals surface area contributed by atoms with Gasteiger partial charge in [0.1, 0.15) is 0 Å². The van der Waals surface area contributed by atoms with Crippen molar-refractivity contribution in [1.82, 2.24) is 10.6 Å². The zero-order valence-electron chi connectivity index (χ0n) is 9.71. The van der Waals surface area contributed by atoms with Crippen LogP contribution in [-0.4, -0.2) is 38.3 Å². The molecule has 1 aliphatic rings. The lowest BCUT2D eigenvalue weighted by Crippen LogP contribution is -2.48. The van der Waals surface area contributed by atoms with Crippen molar-refractivity contribution < 1.29 is 9.53 Å². The summed E-state index contributed by atoms with van der Waals surface area (Å²) in [6.45, 7) is 7.29. The Morgan fingerprint density at radius 3 is 3.00 bits per heavy atom. The summed E-state index contributed by atoms with van der Waals surface area (Å²) in [5, 5.41) is 6.34. The van der Waals surface area contributed by atoms with Crippen molar-refractivity contribution in [1.29, 1.82) is 0 Å². The Labute approximate surface area is 91.8 Å². The largest absolute Gasteiger partial charge is 0.381 e. The van der Waals surface area contributed by atoms with Gasteiger partial charge in [-0.25, -0.2) is 0 Å². The number of nitrogens with one attached hydrogen (secondary N) is 2. The van der Waals surface area contributed by atoms with Crippen LogP contribution in [0, 0.1) is 5.92 Å². The Morgan fingerprint density at radius 1 is 1.53 bits per heavy atom. The zero-order chi connectivity index (χ0) is 11.1. The summed E-state index contributed by atoms with van der Waals surface area (Å²) >= 11 is 0. The van der Waals surface area contributed by atoms with Crippen LogP contribution in [0.5, 0.6) is 0 Å². The molecule has 1 aliphatic heterocycles. The molecule has 2 atom stereocenters. The molecule has 2 unspecified atom stereocenters. The fraction of sp³-hybridized carbons (Fsp3) is 0.909. The van der Waals surface area contributed by atoms with E-state index in [1.807, 2.05) is 6.92 Å². The molecule has 0 spiro atoms. The average molecular weight is 214 g/mol. The summed E-state index contributed by atoms with van der Waals surface area (Å²) in [5.41, 5.74) is 0. The third kappa shape index (κ3) is 5.14. The van der Waals surface area contributed by atoms with Gasteiger partial charge in [-0.3, -0.25) is 4.79 Å². The monoisotopic (exact) mass is 214 g/mol. The van der Waals surface area contributed by atoms with Gasteiger partial charge in [0.05, 0.1) is 6.61 Å². The molecular weight excluding hydrogens is 192 g/mol. The van der Waals surface area contributed by atoms with Crippen molar-refractivity contribution in [2.75, 3.05) is 26.3 Å². The second kappa shape index (κ2) is 6.80. The summed E-state index contributed by atoms with van der Waals surface area (Å²) in [4.78, 5) is 11.5. The smallest absolute Gasteiger partial charge is 0.222 e. The Kier molecular flexibility index (Phi) is 5.65. The van der Waals surface area contributed by atoms with Crippen LogP contribution in [-0.2, 0) is 9.53 Å². The van der Waals surface area contributed by atoms with Gasteiger partial charge in [-0.05, 0) is 25.8 Å². The molecule has 1 amide bonds. The SMILES string of the molecule is CCOCCC(=O)NC1CNCC(C)C1. The first kappa shape index (κ1) is 12.5. The van der Waals surface area contributed by atoms with Crippen molar-refractivity contribution >= 4 is 5.91 Å². The molecule has 4 heteroatoms. The molecule has 1 fully saturated rings. The molecule has 0 saturated carbocycles. The standard InChI is InChI=1S/C11H22N2O2/c1-3-15-5-4-11(14)13-10-6-9(2)7-12-8-10/h9-10,12H,3-8H2,1-2H3,(H,13,14). The molecule has 0 aromatic rings. The van der Waals surface area contributed by atoms with E-state index < -0.39 is 0 Å². The number of hydrogen-bond donors (Lipinski definition) is 2. The maximum Gasteiger partial charge on any atom is 0.222 e. The number of hydrogen-bond acceptors (Lipinski definition) is 3. The number of carbonyl (C=O) groups is 1. The lowest BCUT2D eigenvalue weighted by molar-refractivity contribution is -0.123. The van der Waals surface area contributed by atoms with Crippen molar-refractivity contribution in [3.8, 4) is 0 Å². The highest BCUT2D eigenvalue weighted by atomic mass is 16.5. The molecule has 1 rings (SSSR count). The molecule has 1 saturated heterocycles. The Hall–Kier alpha value is -0.610. The predicted octanol–water partition coefficient (Wildman–Crippen LogP) is 0.527. The molecule has 1 heterocycles. The molecule has 0 aromatic heterocycles. The van der Waals surface area contributed by atoms with Crippen LogP contribution in [0.15, 0.2) is 0 Å². The number of amides is 1. The molecule has 15 heavy (non-hydrogen) atoms. The molecule has 0 radical (unpaired) electrons. The molecule has 2 N–H and O–H groups in total. The summed E-state index contributed by atoms with van der Waals surface area (Å²) in [6.07, 6.45) is 1.55. The van der Waals surface area contributed by atoms with Crippen molar-refractivity contribution in [3.63, 3.8) is 0 Å². The topological polar surface area (TPSA) is 50.4 Å². The van der Waals surface area contributed by atoms with Crippen LogP contribution in [0.3, 0.4) is 0 Å². The summed E-state index contributed by atoms with van der Waals surface area (Å²) in [5.74, 6) is 0.750. The van der Waals surface area contributed by atoms with E-state index in [9.17, 15) is 4.79 Å². The van der Waals surface area contributed by atoms with Gasteiger partial charge in [0.2, 0.25) is 5.91 Å². The van der Waals surface area contributed by atoms with Gasteiger partial charge in [-0.1, -0.05) is 6.92 Å². The van der Waals surface area contributed by atoms with Crippen LogP contribution < -0.4 is 10.6 Å². The van der Waals surface area contributed by atoms with Gasteiger partial charge < -0.3 is 15.4 Å². The fourth-order valence-corrected chi connectivity index (χ4v) is 1.88. The summed E-state index contributed by atoms with van der Waals surface area (Å²) in [7, 11) is 0. The minimum atomic E-state index is 0.101. The maximum atomic E-state index is 11.5. The highest BCUT2D eigenvalue weighted by Gasteiger charge is 2.19. The minimum Gasteiger partial charge on any atom is -0.381 e. The molecule has 4 nitrogen and oxygen atoms in total. The highest BCUT2D eigenvalue weighted by Crippen LogP contribution is 2.09. The van der Waals surface area contributed by atoms with Crippen molar-refractivity contribution in [3.05, 3.63) is 0 Å². The quantitative estimate of drug-likeness (QED) is 0.656. The van der Waals surface area contributed by atoms with E-state index in [2.05, 4.69) is 17.6 Å². The van der Waals surface area contributed by atoms with E-state index in [0.29, 0.717) is 31.6 Å². The number of carbonyl (C=O) groups excluding carboxylic acids is 1. The van der Waals surface area contributed by atoms with E-state index in [-0.39, 0.29) is 5.91 Å². The Balaban J connectivity index is 2.13. The number of ether oxygens (including phenoxy) is 1. The van der Waals surface area contributed by atoms with E-state index in [0.717, 1.165) is 19.5 Å². The van der Waals surface area contributed by atoms with Gasteiger partial charge >= 0.3 is 0 Å². The first-order valence-corrected chi connectivity index (χ1v) is 5.80. The minimum absolute atomic E-state index is 0.101. The lowest BCUT2D eigenvalue weighted by Gasteiger charge is -2.28. The van der Waals surface area contributed by atoms with E-state index in [4.69, 9.17) is 4.74 Å². The molecule has 88 valence electrons. The van der Waals surface area contributed by atoms with Gasteiger partial charge in [0, 0.05) is 25.6 Å². The average Bonchev–Trinajstić information content (AvgIpc) is 2.18. The Bertz CT molecular complexity index is 197. The summed E-state index contributed by atoms with van der Waals surface area (Å²) < 4.78 is 5.14. The Morgan fingerprint density at radius 2 is 2.33 bits per heavy atom. The normalized spacial score (nSPS) is 26.3. The molecule has 0 bridgehead atoms. The van der Waals surface area contributed by atoms with Crippen LogP contribution in [0.25, 0.3) is 0 Å². The van der Waals surface area contributed by atoms with E-state index >= 15 is 0 Å². The number of piperidine rings is 1. The third-order valence-electron chi connectivity index (χ3n) is 2.61. The molecule has 0 aromatic carbocycles. The van der Waals surface area contributed by atoms with Gasteiger partial charge in [-0.15, -0.1) is 0 Å². The first-order valence-electron chi connectivity index (χ1n) is 5.80. The van der Waals surface area contributed by atoms with E-state index in [1.165, 1.54) is 0 Å². The third-order valence-corrected chi connectivity index (χ3v) is 2.61. The zero-order valence-corrected chi connectivity index (χ0v) is 9.71.